The quantitative estimate of drug-likeness (QED) is 0.587. The molecule has 1 aromatic carbocycles. The summed E-state index contributed by atoms with van der Waals surface area (Å²) in [5.74, 6) is -0.254. The minimum Gasteiger partial charge on any atom is -0.301 e. The summed E-state index contributed by atoms with van der Waals surface area (Å²) >= 11 is 7.93. The van der Waals surface area contributed by atoms with Crippen molar-refractivity contribution in [1.29, 1.82) is 0 Å². The molecule has 1 aliphatic heterocycles. The molecule has 2 aromatic rings. The molecule has 1 aromatic heterocycles. The third-order valence-corrected chi connectivity index (χ3v) is 5.66. The van der Waals surface area contributed by atoms with Crippen molar-refractivity contribution in [1.82, 2.24) is 15.1 Å². The van der Waals surface area contributed by atoms with Crippen LogP contribution in [0, 0.1) is 6.92 Å². The molecule has 0 saturated carbocycles. The van der Waals surface area contributed by atoms with Crippen molar-refractivity contribution in [3.05, 3.63) is 45.8 Å². The second kappa shape index (κ2) is 8.52. The van der Waals surface area contributed by atoms with Crippen LogP contribution in [0.1, 0.15) is 23.4 Å². The van der Waals surface area contributed by atoms with E-state index in [1.54, 1.807) is 4.90 Å². The summed E-state index contributed by atoms with van der Waals surface area (Å²) in [4.78, 5) is 26.6. The Labute approximate surface area is 164 Å². The van der Waals surface area contributed by atoms with Crippen molar-refractivity contribution >= 4 is 62.7 Å². The summed E-state index contributed by atoms with van der Waals surface area (Å²) in [6.07, 6.45) is 2.64. The normalized spacial score (nSPS) is 15.7. The number of benzene rings is 1. The lowest BCUT2D eigenvalue weighted by molar-refractivity contribution is -0.122. The summed E-state index contributed by atoms with van der Waals surface area (Å²) < 4.78 is 0.525. The zero-order chi connectivity index (χ0) is 18.5. The van der Waals surface area contributed by atoms with Crippen LogP contribution in [0.15, 0.2) is 35.2 Å². The lowest BCUT2D eigenvalue weighted by Crippen LogP contribution is -2.29. The summed E-state index contributed by atoms with van der Waals surface area (Å²) in [5.41, 5.74) is 0.958. The number of nitrogens with one attached hydrogen (secondary N) is 1. The molecule has 1 saturated heterocycles. The maximum Gasteiger partial charge on any atom is 0.266 e. The first kappa shape index (κ1) is 18.7. The van der Waals surface area contributed by atoms with Crippen LogP contribution in [-0.4, -0.2) is 37.8 Å². The van der Waals surface area contributed by atoms with Crippen LogP contribution in [0.2, 0.25) is 0 Å². The lowest BCUT2D eigenvalue weighted by atomic mass is 10.2. The van der Waals surface area contributed by atoms with Crippen molar-refractivity contribution < 1.29 is 9.59 Å². The Hall–Kier alpha value is -2.10. The number of hydrogen-bond donors (Lipinski definition) is 1. The number of anilines is 1. The number of thiocarbonyl (C=S) groups is 1. The van der Waals surface area contributed by atoms with Crippen LogP contribution in [-0.2, 0) is 9.59 Å². The van der Waals surface area contributed by atoms with Crippen LogP contribution in [0.25, 0.3) is 6.08 Å². The van der Waals surface area contributed by atoms with Gasteiger partial charge in [0.2, 0.25) is 11.0 Å². The van der Waals surface area contributed by atoms with Crippen LogP contribution < -0.4 is 5.32 Å². The monoisotopic (exact) mass is 404 g/mol. The summed E-state index contributed by atoms with van der Waals surface area (Å²) in [6.45, 7) is 2.24. The van der Waals surface area contributed by atoms with Gasteiger partial charge in [0.15, 0.2) is 0 Å². The fraction of sp³-hybridized carbons (Fsp3) is 0.235. The lowest BCUT2D eigenvalue weighted by Gasteiger charge is -2.13. The van der Waals surface area contributed by atoms with E-state index in [0.29, 0.717) is 27.3 Å². The van der Waals surface area contributed by atoms with E-state index in [1.807, 2.05) is 43.3 Å². The maximum absolute atomic E-state index is 12.5. The Morgan fingerprint density at radius 3 is 2.77 bits per heavy atom. The molecule has 2 heterocycles. The van der Waals surface area contributed by atoms with Crippen molar-refractivity contribution in [2.24, 2.45) is 0 Å². The number of carbonyl (C=O) groups excluding carboxylic acids is 2. The highest BCUT2D eigenvalue weighted by molar-refractivity contribution is 8.26. The smallest absolute Gasteiger partial charge is 0.266 e. The van der Waals surface area contributed by atoms with Gasteiger partial charge in [-0.3, -0.25) is 14.5 Å². The predicted octanol–water partition coefficient (Wildman–Crippen LogP) is 3.47. The Morgan fingerprint density at radius 2 is 2.08 bits per heavy atom. The number of rotatable bonds is 6. The molecule has 0 aliphatic carbocycles. The average molecular weight is 405 g/mol. The molecule has 26 heavy (non-hydrogen) atoms. The van der Waals surface area contributed by atoms with Gasteiger partial charge in [0.25, 0.3) is 5.91 Å². The minimum atomic E-state index is -0.147. The van der Waals surface area contributed by atoms with Gasteiger partial charge in [0.1, 0.15) is 9.33 Å². The van der Waals surface area contributed by atoms with Gasteiger partial charge >= 0.3 is 0 Å². The van der Waals surface area contributed by atoms with Gasteiger partial charge in [0, 0.05) is 13.0 Å². The van der Waals surface area contributed by atoms with E-state index in [9.17, 15) is 9.59 Å². The molecule has 0 unspecified atom stereocenters. The Kier molecular flexibility index (Phi) is 6.12. The van der Waals surface area contributed by atoms with Crippen LogP contribution in [0.3, 0.4) is 0 Å². The van der Waals surface area contributed by atoms with Crippen LogP contribution in [0.4, 0.5) is 5.13 Å². The minimum absolute atomic E-state index is 0.107. The van der Waals surface area contributed by atoms with Gasteiger partial charge in [-0.05, 0) is 25.0 Å². The molecule has 2 amide bonds. The van der Waals surface area contributed by atoms with Crippen LogP contribution in [0.5, 0.6) is 0 Å². The van der Waals surface area contributed by atoms with E-state index in [4.69, 9.17) is 12.2 Å². The van der Waals surface area contributed by atoms with Gasteiger partial charge in [-0.25, -0.2) is 0 Å². The van der Waals surface area contributed by atoms with E-state index in [0.717, 1.165) is 10.6 Å². The number of carbonyl (C=O) groups is 2. The standard InChI is InChI=1S/C17H16N4O2S3/c1-11-19-20-16(25-11)18-14(22)8-5-9-21-15(23)13(26-17(21)24)10-12-6-3-2-4-7-12/h2-4,6-7,10H,5,8-9H2,1H3,(H,18,20,22)/b13-10-. The van der Waals surface area contributed by atoms with E-state index in [1.165, 1.54) is 23.1 Å². The highest BCUT2D eigenvalue weighted by Crippen LogP contribution is 2.32. The highest BCUT2D eigenvalue weighted by atomic mass is 32.2. The topological polar surface area (TPSA) is 75.2 Å². The SMILES string of the molecule is Cc1nnc(NC(=O)CCCN2C(=O)/C(=C/c3ccccc3)SC2=S)s1. The van der Waals surface area contributed by atoms with E-state index >= 15 is 0 Å². The molecular formula is C17H16N4O2S3. The zero-order valence-corrected chi connectivity index (χ0v) is 16.4. The zero-order valence-electron chi connectivity index (χ0n) is 14.0. The molecule has 1 aliphatic rings. The van der Waals surface area contributed by atoms with Gasteiger partial charge < -0.3 is 5.32 Å². The Morgan fingerprint density at radius 1 is 1.31 bits per heavy atom. The largest absolute Gasteiger partial charge is 0.301 e. The van der Waals surface area contributed by atoms with Crippen molar-refractivity contribution in [3.8, 4) is 0 Å². The number of amides is 2. The van der Waals surface area contributed by atoms with Crippen molar-refractivity contribution in [2.75, 3.05) is 11.9 Å². The average Bonchev–Trinajstić information content (AvgIpc) is 3.13. The molecule has 1 N–H and O–H groups in total. The van der Waals surface area contributed by atoms with Crippen molar-refractivity contribution in [3.63, 3.8) is 0 Å². The second-order valence-electron chi connectivity index (χ2n) is 5.52. The number of aryl methyl sites for hydroxylation is 1. The molecule has 0 atom stereocenters. The van der Waals surface area contributed by atoms with Crippen LogP contribution >= 0.6 is 35.3 Å². The molecular weight excluding hydrogens is 388 g/mol. The highest BCUT2D eigenvalue weighted by Gasteiger charge is 2.31. The summed E-state index contributed by atoms with van der Waals surface area (Å²) in [5, 5.41) is 11.7. The van der Waals surface area contributed by atoms with Gasteiger partial charge in [-0.1, -0.05) is 65.6 Å². The first-order valence-corrected chi connectivity index (χ1v) is 9.97. The van der Waals surface area contributed by atoms with Crippen molar-refractivity contribution in [2.45, 2.75) is 19.8 Å². The number of aromatic nitrogens is 2. The fourth-order valence-corrected chi connectivity index (χ4v) is 4.24. The molecule has 1 fully saturated rings. The van der Waals surface area contributed by atoms with E-state index < -0.39 is 0 Å². The molecule has 0 radical (unpaired) electrons. The third-order valence-electron chi connectivity index (χ3n) is 3.53. The number of thioether (sulfide) groups is 1. The summed E-state index contributed by atoms with van der Waals surface area (Å²) in [7, 11) is 0. The molecule has 3 rings (SSSR count). The van der Waals surface area contributed by atoms with E-state index in [-0.39, 0.29) is 18.2 Å². The molecule has 6 nitrogen and oxygen atoms in total. The molecule has 0 bridgehead atoms. The second-order valence-corrected chi connectivity index (χ2v) is 8.38. The predicted molar refractivity (Wildman–Crippen MR) is 109 cm³/mol. The van der Waals surface area contributed by atoms with Gasteiger partial charge in [0.05, 0.1) is 4.91 Å². The molecule has 9 heteroatoms. The molecule has 134 valence electrons. The first-order valence-electron chi connectivity index (χ1n) is 7.93. The third kappa shape index (κ3) is 4.75. The van der Waals surface area contributed by atoms with E-state index in [2.05, 4.69) is 15.5 Å². The molecule has 0 spiro atoms. The summed E-state index contributed by atoms with van der Waals surface area (Å²) in [6, 6.07) is 9.64. The van der Waals surface area contributed by atoms with Gasteiger partial charge in [-0.15, -0.1) is 10.2 Å². The number of hydrogen-bond acceptors (Lipinski definition) is 7. The number of nitrogens with zero attached hydrogens (tertiary/aromatic N) is 3. The first-order chi connectivity index (χ1) is 12.5. The Bertz CT molecular complexity index is 864. The Balaban J connectivity index is 1.52. The maximum atomic E-state index is 12.5. The fourth-order valence-electron chi connectivity index (χ4n) is 2.32. The van der Waals surface area contributed by atoms with Gasteiger partial charge in [-0.2, -0.15) is 0 Å².